The molecule has 1 heterocycles. The maximum Gasteiger partial charge on any atom is 0.259 e. The van der Waals surface area contributed by atoms with Crippen molar-refractivity contribution < 1.29 is 9.53 Å². The molecule has 0 spiro atoms. The van der Waals surface area contributed by atoms with Crippen LogP contribution < -0.4 is 9.64 Å². The summed E-state index contributed by atoms with van der Waals surface area (Å²) in [4.78, 5) is 18.8. The van der Waals surface area contributed by atoms with E-state index in [-0.39, 0.29) is 24.9 Å². The monoisotopic (exact) mass is 493 g/mol. The smallest absolute Gasteiger partial charge is 0.259 e. The number of benzene rings is 1. The maximum absolute atomic E-state index is 12.0. The number of ether oxygens (including phenoxy) is 1. The average Bonchev–Trinajstić information content (AvgIpc) is 2.81. The first kappa shape index (κ1) is 28.8. The molecule has 0 bridgehead atoms. The van der Waals surface area contributed by atoms with E-state index < -0.39 is 0 Å². The molecule has 1 aliphatic heterocycles. The van der Waals surface area contributed by atoms with E-state index >= 15 is 0 Å². The standard InChI is InChI=1S/C28H47N3O2.ClH/c1-7-8-15-30-16-18-31(19-17-30)26-20-24(33-21-27(32)29(5)6)13-14-25(26)22-9-11-23(12-10-22)28(2,3)4;/h13-14,20,22-23H,7-12,15-19,21H2,1-6H3;1H. The van der Waals surface area contributed by atoms with Gasteiger partial charge < -0.3 is 14.5 Å². The van der Waals surface area contributed by atoms with Crippen LogP contribution in [0.25, 0.3) is 0 Å². The average molecular weight is 494 g/mol. The zero-order valence-electron chi connectivity index (χ0n) is 22.4. The molecule has 5 nitrogen and oxygen atoms in total. The second kappa shape index (κ2) is 13.0. The van der Waals surface area contributed by atoms with Crippen LogP contribution in [0.15, 0.2) is 18.2 Å². The largest absolute Gasteiger partial charge is 0.484 e. The van der Waals surface area contributed by atoms with Crippen LogP contribution in [-0.4, -0.2) is 69.1 Å². The molecule has 0 unspecified atom stereocenters. The van der Waals surface area contributed by atoms with Crippen molar-refractivity contribution in [2.24, 2.45) is 11.3 Å². The Kier molecular flexibility index (Phi) is 11.0. The quantitative estimate of drug-likeness (QED) is 0.457. The fraction of sp³-hybridized carbons (Fsp3) is 0.750. The van der Waals surface area contributed by atoms with Crippen LogP contribution in [-0.2, 0) is 4.79 Å². The summed E-state index contributed by atoms with van der Waals surface area (Å²) in [6.07, 6.45) is 7.70. The number of amides is 1. The minimum atomic E-state index is -0.00864. The van der Waals surface area contributed by atoms with Crippen LogP contribution in [0.5, 0.6) is 5.75 Å². The van der Waals surface area contributed by atoms with E-state index in [1.807, 2.05) is 0 Å². The molecule has 3 rings (SSSR count). The van der Waals surface area contributed by atoms with E-state index in [0.717, 1.165) is 37.8 Å². The molecule has 1 saturated heterocycles. The highest BCUT2D eigenvalue weighted by Gasteiger charge is 2.32. The molecule has 1 saturated carbocycles. The van der Waals surface area contributed by atoms with Gasteiger partial charge in [0.1, 0.15) is 5.75 Å². The lowest BCUT2D eigenvalue weighted by Gasteiger charge is -2.40. The van der Waals surface area contributed by atoms with Crippen molar-refractivity contribution in [3.05, 3.63) is 23.8 Å². The van der Waals surface area contributed by atoms with Gasteiger partial charge >= 0.3 is 0 Å². The molecule has 1 amide bonds. The number of carbonyl (C=O) groups is 1. The number of unbranched alkanes of at least 4 members (excludes halogenated alkanes) is 1. The summed E-state index contributed by atoms with van der Waals surface area (Å²) in [6.45, 7) is 15.1. The van der Waals surface area contributed by atoms with E-state index in [4.69, 9.17) is 4.74 Å². The van der Waals surface area contributed by atoms with E-state index in [1.54, 1.807) is 19.0 Å². The molecule has 1 aromatic rings. The Hall–Kier alpha value is -1.46. The summed E-state index contributed by atoms with van der Waals surface area (Å²) in [5.41, 5.74) is 3.22. The zero-order chi connectivity index (χ0) is 24.0. The molecule has 0 radical (unpaired) electrons. The Labute approximate surface area is 214 Å². The van der Waals surface area contributed by atoms with Crippen LogP contribution in [0.2, 0.25) is 0 Å². The van der Waals surface area contributed by atoms with Gasteiger partial charge in [-0.15, -0.1) is 12.4 Å². The second-order valence-electron chi connectivity index (χ2n) is 11.4. The van der Waals surface area contributed by atoms with Gasteiger partial charge in [-0.3, -0.25) is 9.69 Å². The molecule has 0 N–H and O–H groups in total. The van der Waals surface area contributed by atoms with E-state index in [1.165, 1.54) is 56.3 Å². The Bertz CT molecular complexity index is 761. The number of nitrogens with zero attached hydrogens (tertiary/aromatic N) is 3. The van der Waals surface area contributed by atoms with Crippen molar-refractivity contribution in [1.29, 1.82) is 0 Å². The highest BCUT2D eigenvalue weighted by molar-refractivity contribution is 5.85. The fourth-order valence-electron chi connectivity index (χ4n) is 5.37. The number of halogens is 1. The molecule has 1 aromatic carbocycles. The summed E-state index contributed by atoms with van der Waals surface area (Å²) in [6, 6.07) is 6.57. The summed E-state index contributed by atoms with van der Waals surface area (Å²) in [5, 5.41) is 0. The van der Waals surface area contributed by atoms with Crippen molar-refractivity contribution in [2.75, 3.05) is 58.3 Å². The van der Waals surface area contributed by atoms with Gasteiger partial charge in [-0.05, 0) is 67.5 Å². The summed E-state index contributed by atoms with van der Waals surface area (Å²) in [5.74, 6) is 2.24. The SMILES string of the molecule is CCCCN1CCN(c2cc(OCC(=O)N(C)C)ccc2C2CCC(C(C)(C)C)CC2)CC1.Cl. The molecule has 34 heavy (non-hydrogen) atoms. The van der Waals surface area contributed by atoms with Gasteiger partial charge in [-0.25, -0.2) is 0 Å². The lowest BCUT2D eigenvalue weighted by molar-refractivity contribution is -0.130. The lowest BCUT2D eigenvalue weighted by Crippen LogP contribution is -2.47. The highest BCUT2D eigenvalue weighted by atomic mass is 35.5. The highest BCUT2D eigenvalue weighted by Crippen LogP contribution is 2.45. The predicted molar refractivity (Wildman–Crippen MR) is 146 cm³/mol. The molecule has 2 aliphatic rings. The molecule has 194 valence electrons. The van der Waals surface area contributed by atoms with Crippen molar-refractivity contribution in [2.45, 2.75) is 72.1 Å². The van der Waals surface area contributed by atoms with Gasteiger partial charge in [0.2, 0.25) is 0 Å². The number of likely N-dealkylation sites (N-methyl/N-ethyl adjacent to an activating group) is 1. The summed E-state index contributed by atoms with van der Waals surface area (Å²) in [7, 11) is 3.54. The Morgan fingerprint density at radius 1 is 1.06 bits per heavy atom. The maximum atomic E-state index is 12.0. The van der Waals surface area contributed by atoms with Crippen LogP contribution in [0, 0.1) is 11.3 Å². The van der Waals surface area contributed by atoms with Gasteiger partial charge in [0.15, 0.2) is 6.61 Å². The summed E-state index contributed by atoms with van der Waals surface area (Å²) < 4.78 is 5.91. The van der Waals surface area contributed by atoms with Gasteiger partial charge in [-0.1, -0.05) is 40.2 Å². The van der Waals surface area contributed by atoms with Crippen molar-refractivity contribution >= 4 is 24.0 Å². The first-order chi connectivity index (χ1) is 15.7. The van der Waals surface area contributed by atoms with Crippen molar-refractivity contribution in [3.63, 3.8) is 0 Å². The number of carbonyl (C=O) groups excluding carboxylic acids is 1. The first-order valence-corrected chi connectivity index (χ1v) is 13.1. The zero-order valence-corrected chi connectivity index (χ0v) is 23.3. The minimum Gasteiger partial charge on any atom is -0.484 e. The van der Waals surface area contributed by atoms with Crippen LogP contribution >= 0.6 is 12.4 Å². The minimum absolute atomic E-state index is 0. The number of anilines is 1. The predicted octanol–water partition coefficient (Wildman–Crippen LogP) is 5.82. The topological polar surface area (TPSA) is 36.0 Å². The Balaban J connectivity index is 0.00000408. The Morgan fingerprint density at radius 2 is 1.71 bits per heavy atom. The number of hydrogen-bond acceptors (Lipinski definition) is 4. The fourth-order valence-corrected chi connectivity index (χ4v) is 5.37. The third kappa shape index (κ3) is 7.78. The van der Waals surface area contributed by atoms with E-state index in [2.05, 4.69) is 55.7 Å². The van der Waals surface area contributed by atoms with Crippen LogP contribution in [0.3, 0.4) is 0 Å². The van der Waals surface area contributed by atoms with Crippen LogP contribution in [0.1, 0.15) is 77.7 Å². The van der Waals surface area contributed by atoms with Crippen molar-refractivity contribution in [1.82, 2.24) is 9.80 Å². The lowest BCUT2D eigenvalue weighted by atomic mass is 9.68. The van der Waals surface area contributed by atoms with E-state index in [0.29, 0.717) is 11.3 Å². The van der Waals surface area contributed by atoms with E-state index in [9.17, 15) is 4.79 Å². The third-order valence-corrected chi connectivity index (χ3v) is 7.80. The van der Waals surface area contributed by atoms with Gasteiger partial charge in [-0.2, -0.15) is 0 Å². The Morgan fingerprint density at radius 3 is 2.26 bits per heavy atom. The normalized spacial score (nSPS) is 21.6. The third-order valence-electron chi connectivity index (χ3n) is 7.80. The van der Waals surface area contributed by atoms with Gasteiger partial charge in [0.25, 0.3) is 5.91 Å². The van der Waals surface area contributed by atoms with Crippen LogP contribution in [0.4, 0.5) is 5.69 Å². The molecule has 2 fully saturated rings. The first-order valence-electron chi connectivity index (χ1n) is 13.1. The number of hydrogen-bond donors (Lipinski definition) is 0. The molecule has 6 heteroatoms. The summed E-state index contributed by atoms with van der Waals surface area (Å²) >= 11 is 0. The number of piperazine rings is 1. The molecule has 0 aromatic heterocycles. The van der Waals surface area contributed by atoms with Gasteiger partial charge in [0, 0.05) is 52.0 Å². The second-order valence-corrected chi connectivity index (χ2v) is 11.4. The molecular formula is C28H48ClN3O2. The van der Waals surface area contributed by atoms with Crippen molar-refractivity contribution in [3.8, 4) is 5.75 Å². The molecule has 1 aliphatic carbocycles. The number of rotatable bonds is 8. The molecular weight excluding hydrogens is 446 g/mol. The van der Waals surface area contributed by atoms with Gasteiger partial charge in [0.05, 0.1) is 0 Å². The molecule has 0 atom stereocenters.